The zero-order chi connectivity index (χ0) is 43.0. The van der Waals surface area contributed by atoms with Gasteiger partial charge in [-0.15, -0.1) is 29.9 Å². The number of oxime groups is 1. The minimum absolute atomic E-state index is 0.00825. The summed E-state index contributed by atoms with van der Waals surface area (Å²) in [5, 5.41) is 34.2. The lowest BCUT2D eigenvalue weighted by Gasteiger charge is -2.60. The maximum atomic E-state index is 14.2. The summed E-state index contributed by atoms with van der Waals surface area (Å²) in [5.74, 6) is 0.170. The van der Waals surface area contributed by atoms with Crippen LogP contribution in [0.25, 0.3) is 0 Å². The number of thioether (sulfide) groups is 1. The molecule has 2 aromatic carbocycles. The summed E-state index contributed by atoms with van der Waals surface area (Å²) in [7, 11) is 0. The van der Waals surface area contributed by atoms with Crippen molar-refractivity contribution >= 4 is 35.2 Å². The first-order valence-corrected chi connectivity index (χ1v) is 22.9. The average molecular weight is 874 g/mol. The van der Waals surface area contributed by atoms with Crippen LogP contribution in [0.4, 0.5) is 4.79 Å². The number of aliphatic hydroxyl groups excluding tert-OH is 3. The molecule has 1 aliphatic heterocycles. The molecule has 12 nitrogen and oxygen atoms in total. The summed E-state index contributed by atoms with van der Waals surface area (Å²) in [5.41, 5.74) is 1.96. The van der Waals surface area contributed by atoms with Crippen LogP contribution in [0.2, 0.25) is 0 Å². The lowest BCUT2D eigenvalue weighted by molar-refractivity contribution is -0.256. The van der Waals surface area contributed by atoms with Gasteiger partial charge in [-0.3, -0.25) is 4.90 Å². The largest absolute Gasteiger partial charge is 0.493 e. The summed E-state index contributed by atoms with van der Waals surface area (Å²) in [6.07, 6.45) is 8.16. The highest BCUT2D eigenvalue weighted by Gasteiger charge is 2.65. The number of hydrogen-bond donors (Lipinski definition) is 3. The molecule has 1 amide bonds. The van der Waals surface area contributed by atoms with Crippen LogP contribution in [0.3, 0.4) is 0 Å². The van der Waals surface area contributed by atoms with Crippen LogP contribution < -0.4 is 9.47 Å². The number of fused-ring (bicyclic) bond motifs is 2. The number of unbranched alkanes of at least 4 members (excludes halogenated alkanes) is 2. The standard InChI is InChI=1S/C46H65ClN2O10S/c1-5-24-57-46-41(49(20-26-54-27-23-52)44(53)56-25-19-47)32-39(48-59-45(2,3)4)37-30-33(13-9-11-21-50)36(16-10-12-22-51)42(43(37)46)38-31-34(17-18-40(38)58-46)55-28-29-60-35-14-7-6-8-15-35/h5-8,14-15,17-18,30-31,33,36,41-43,50-52H,1,9-13,16,19-29,32H2,2-4H3. The van der Waals surface area contributed by atoms with Gasteiger partial charge >= 0.3 is 6.09 Å². The second-order valence-electron chi connectivity index (χ2n) is 16.3. The third-order valence-corrected chi connectivity index (χ3v) is 12.2. The molecule has 6 atom stereocenters. The van der Waals surface area contributed by atoms with E-state index in [4.69, 9.17) is 45.3 Å². The first-order chi connectivity index (χ1) is 29.1. The number of amides is 1. The van der Waals surface area contributed by atoms with Gasteiger partial charge in [0.15, 0.2) is 0 Å². The Morgan fingerprint density at radius 1 is 1.02 bits per heavy atom. The summed E-state index contributed by atoms with van der Waals surface area (Å²) in [4.78, 5) is 23.2. The summed E-state index contributed by atoms with van der Waals surface area (Å²) in [6.45, 7) is 10.8. The number of benzene rings is 2. The van der Waals surface area contributed by atoms with Crippen molar-refractivity contribution < 1.29 is 48.6 Å². The third kappa shape index (κ3) is 12.4. The second kappa shape index (κ2) is 23.8. The van der Waals surface area contributed by atoms with Gasteiger partial charge in [-0.2, -0.15) is 0 Å². The van der Waals surface area contributed by atoms with Crippen molar-refractivity contribution in [1.82, 2.24) is 4.90 Å². The molecule has 1 fully saturated rings. The van der Waals surface area contributed by atoms with Crippen molar-refractivity contribution in [3.8, 4) is 11.5 Å². The number of rotatable bonds is 25. The van der Waals surface area contributed by atoms with E-state index in [0.29, 0.717) is 30.9 Å². The number of carbonyl (C=O) groups excluding carboxylic acids is 1. The van der Waals surface area contributed by atoms with E-state index >= 15 is 0 Å². The topological polar surface area (TPSA) is 149 Å². The molecule has 332 valence electrons. The van der Waals surface area contributed by atoms with E-state index in [0.717, 1.165) is 48.3 Å². The van der Waals surface area contributed by atoms with Gasteiger partial charge in [-0.1, -0.05) is 48.3 Å². The van der Waals surface area contributed by atoms with Crippen LogP contribution in [-0.4, -0.2) is 120 Å². The molecule has 60 heavy (non-hydrogen) atoms. The Balaban J connectivity index is 1.70. The van der Waals surface area contributed by atoms with Crippen LogP contribution in [-0.2, 0) is 19.0 Å². The van der Waals surface area contributed by atoms with Crippen LogP contribution >= 0.6 is 23.4 Å². The van der Waals surface area contributed by atoms with Gasteiger partial charge in [0.05, 0.1) is 50.5 Å². The second-order valence-corrected chi connectivity index (χ2v) is 17.9. The van der Waals surface area contributed by atoms with Crippen molar-refractivity contribution in [3.05, 3.63) is 78.4 Å². The molecule has 0 saturated heterocycles. The minimum atomic E-state index is -1.46. The zero-order valence-corrected chi connectivity index (χ0v) is 37.0. The normalized spacial score (nSPS) is 23.8. The van der Waals surface area contributed by atoms with Crippen molar-refractivity contribution in [1.29, 1.82) is 0 Å². The fourth-order valence-electron chi connectivity index (χ4n) is 8.68. The SMILES string of the molecule is C=CCOC12Oc3ccc(OCCSc4ccccc4)cc3C3C(CCCCO)C(CCCCO)C=C(C(=NOC(C)(C)C)CC1N(CCOCCO)C(=O)OCCCl)C32. The maximum Gasteiger partial charge on any atom is 0.410 e. The van der Waals surface area contributed by atoms with Gasteiger partial charge in [-0.05, 0) is 94.2 Å². The molecule has 3 aliphatic rings. The Morgan fingerprint density at radius 2 is 1.78 bits per heavy atom. The Bertz CT molecular complexity index is 1710. The predicted molar refractivity (Wildman–Crippen MR) is 235 cm³/mol. The quantitative estimate of drug-likeness (QED) is 0.0293. The Hall–Kier alpha value is -3.30. The fourth-order valence-corrected chi connectivity index (χ4v) is 9.51. The Labute approximate surface area is 365 Å². The first-order valence-electron chi connectivity index (χ1n) is 21.4. The lowest BCUT2D eigenvalue weighted by Crippen LogP contribution is -2.70. The number of hydrogen-bond acceptors (Lipinski definition) is 12. The molecule has 1 heterocycles. The van der Waals surface area contributed by atoms with E-state index in [1.54, 1.807) is 22.7 Å². The Morgan fingerprint density at radius 3 is 2.48 bits per heavy atom. The minimum Gasteiger partial charge on any atom is -0.493 e. The summed E-state index contributed by atoms with van der Waals surface area (Å²) < 4.78 is 32.2. The van der Waals surface area contributed by atoms with Gasteiger partial charge in [0.1, 0.15) is 29.7 Å². The maximum absolute atomic E-state index is 14.2. The van der Waals surface area contributed by atoms with Gasteiger partial charge in [0.2, 0.25) is 5.79 Å². The van der Waals surface area contributed by atoms with Crippen molar-refractivity contribution in [2.75, 3.05) is 71.0 Å². The van der Waals surface area contributed by atoms with Crippen molar-refractivity contribution in [2.45, 2.75) is 94.0 Å². The highest BCUT2D eigenvalue weighted by atomic mass is 35.5. The number of nitrogens with zero attached hydrogens (tertiary/aromatic N) is 2. The molecule has 3 N–H and O–H groups in total. The van der Waals surface area contributed by atoms with Crippen LogP contribution in [0, 0.1) is 17.8 Å². The molecule has 2 aliphatic carbocycles. The van der Waals surface area contributed by atoms with Gasteiger partial charge in [0.25, 0.3) is 0 Å². The van der Waals surface area contributed by atoms with E-state index in [-0.39, 0.29) is 82.8 Å². The van der Waals surface area contributed by atoms with E-state index < -0.39 is 29.4 Å². The van der Waals surface area contributed by atoms with Gasteiger partial charge < -0.3 is 43.8 Å². The highest BCUT2D eigenvalue weighted by molar-refractivity contribution is 7.99. The van der Waals surface area contributed by atoms with E-state index in [1.165, 1.54) is 4.90 Å². The van der Waals surface area contributed by atoms with E-state index in [1.807, 2.05) is 51.1 Å². The van der Waals surface area contributed by atoms with Crippen molar-refractivity contribution in [2.24, 2.45) is 22.9 Å². The van der Waals surface area contributed by atoms with Crippen LogP contribution in [0.1, 0.15) is 77.2 Å². The number of aliphatic hydroxyl groups is 3. The monoisotopic (exact) mass is 872 g/mol. The molecular formula is C46H65ClN2O10S. The zero-order valence-electron chi connectivity index (χ0n) is 35.5. The molecule has 2 aromatic rings. The molecule has 5 rings (SSSR count). The summed E-state index contributed by atoms with van der Waals surface area (Å²) >= 11 is 7.77. The highest BCUT2D eigenvalue weighted by Crippen LogP contribution is 2.62. The predicted octanol–water partition coefficient (Wildman–Crippen LogP) is 7.98. The molecule has 0 radical (unpaired) electrons. The molecule has 1 saturated carbocycles. The Kier molecular flexibility index (Phi) is 18.9. The van der Waals surface area contributed by atoms with Gasteiger partial charge in [0, 0.05) is 48.3 Å². The number of carbonyl (C=O) groups is 1. The van der Waals surface area contributed by atoms with E-state index in [2.05, 4.69) is 30.9 Å². The molecule has 6 unspecified atom stereocenters. The third-order valence-electron chi connectivity index (χ3n) is 11.1. The number of allylic oxidation sites excluding steroid dienone is 1. The average Bonchev–Trinajstić information content (AvgIpc) is 3.24. The molecule has 14 heteroatoms. The molecule has 0 spiro atoms. The number of halogens is 1. The lowest BCUT2D eigenvalue weighted by atomic mass is 9.55. The smallest absolute Gasteiger partial charge is 0.410 e. The van der Waals surface area contributed by atoms with Gasteiger partial charge in [-0.25, -0.2) is 4.79 Å². The molecular weight excluding hydrogens is 808 g/mol. The molecule has 0 aromatic heterocycles. The van der Waals surface area contributed by atoms with Crippen LogP contribution in [0.5, 0.6) is 11.5 Å². The number of ether oxygens (including phenoxy) is 5. The fraction of sp³-hybridized carbons (Fsp3) is 0.609. The van der Waals surface area contributed by atoms with Crippen LogP contribution in [0.15, 0.2) is 82.9 Å². The van der Waals surface area contributed by atoms with E-state index in [9.17, 15) is 20.1 Å². The number of alkyl halides is 1. The first kappa shape index (κ1) is 47.7. The summed E-state index contributed by atoms with van der Waals surface area (Å²) in [6, 6.07) is 15.4. The van der Waals surface area contributed by atoms with Crippen molar-refractivity contribution in [3.63, 3.8) is 0 Å². The molecule has 0 bridgehead atoms.